The molecule has 1 amide bonds. The SMILES string of the molecule is Cc1cc(C)c2nc(NC(=O)C3=NCCCN3)sc2c1. The number of hydrogen-bond donors (Lipinski definition) is 2. The van der Waals surface area contributed by atoms with E-state index in [1.807, 2.05) is 6.92 Å². The molecule has 5 nitrogen and oxygen atoms in total. The summed E-state index contributed by atoms with van der Waals surface area (Å²) in [6.07, 6.45) is 0.969. The second-order valence-electron chi connectivity index (χ2n) is 4.91. The van der Waals surface area contributed by atoms with Gasteiger partial charge in [-0.2, -0.15) is 0 Å². The standard InChI is InChI=1S/C14H16N4OS/c1-8-6-9(2)11-10(7-8)20-14(17-11)18-13(19)12-15-4-3-5-16-12/h6-7H,3-5H2,1-2H3,(H,15,16)(H,17,18,19). The fourth-order valence-electron chi connectivity index (χ4n) is 2.27. The second kappa shape index (κ2) is 5.20. The Labute approximate surface area is 121 Å². The van der Waals surface area contributed by atoms with E-state index in [9.17, 15) is 4.79 Å². The Kier molecular flexibility index (Phi) is 3.40. The van der Waals surface area contributed by atoms with E-state index in [-0.39, 0.29) is 5.91 Å². The maximum Gasteiger partial charge on any atom is 0.292 e. The number of nitrogens with one attached hydrogen (secondary N) is 2. The first kappa shape index (κ1) is 13.1. The van der Waals surface area contributed by atoms with E-state index >= 15 is 0 Å². The molecule has 0 saturated heterocycles. The van der Waals surface area contributed by atoms with Gasteiger partial charge in [-0.05, 0) is 37.5 Å². The number of aliphatic imine (C=N–C) groups is 1. The van der Waals surface area contributed by atoms with Crippen LogP contribution in [-0.2, 0) is 4.79 Å². The Morgan fingerprint density at radius 1 is 1.40 bits per heavy atom. The van der Waals surface area contributed by atoms with E-state index in [1.54, 1.807) is 0 Å². The van der Waals surface area contributed by atoms with E-state index in [0.717, 1.165) is 28.7 Å². The minimum absolute atomic E-state index is 0.210. The van der Waals surface area contributed by atoms with E-state index in [2.05, 4.69) is 39.7 Å². The topological polar surface area (TPSA) is 66.4 Å². The number of rotatable bonds is 2. The Hall–Kier alpha value is -1.95. The highest BCUT2D eigenvalue weighted by Crippen LogP contribution is 2.29. The summed E-state index contributed by atoms with van der Waals surface area (Å²) in [4.78, 5) is 20.7. The van der Waals surface area contributed by atoms with Crippen LogP contribution in [-0.4, -0.2) is 29.8 Å². The van der Waals surface area contributed by atoms with Crippen molar-refractivity contribution in [3.8, 4) is 0 Å². The van der Waals surface area contributed by atoms with Crippen molar-refractivity contribution in [3.63, 3.8) is 0 Å². The summed E-state index contributed by atoms with van der Waals surface area (Å²) in [6, 6.07) is 4.19. The first-order valence-corrected chi connectivity index (χ1v) is 7.42. The summed E-state index contributed by atoms with van der Waals surface area (Å²) in [5, 5.41) is 6.45. The molecule has 2 heterocycles. The average Bonchev–Trinajstić information content (AvgIpc) is 2.82. The van der Waals surface area contributed by atoms with Crippen molar-refractivity contribution < 1.29 is 4.79 Å². The van der Waals surface area contributed by atoms with Crippen LogP contribution in [0, 0.1) is 13.8 Å². The van der Waals surface area contributed by atoms with Crippen LogP contribution in [0.3, 0.4) is 0 Å². The maximum absolute atomic E-state index is 12.1. The molecule has 0 fully saturated rings. The fraction of sp³-hybridized carbons (Fsp3) is 0.357. The Morgan fingerprint density at radius 2 is 2.25 bits per heavy atom. The highest BCUT2D eigenvalue weighted by Gasteiger charge is 2.16. The molecule has 2 N–H and O–H groups in total. The van der Waals surface area contributed by atoms with Crippen molar-refractivity contribution in [2.24, 2.45) is 4.99 Å². The molecule has 6 heteroatoms. The van der Waals surface area contributed by atoms with E-state index in [0.29, 0.717) is 17.5 Å². The lowest BCUT2D eigenvalue weighted by Gasteiger charge is -2.12. The minimum Gasteiger partial charge on any atom is -0.366 e. The predicted octanol–water partition coefficient (Wildman–Crippen LogP) is 2.24. The number of anilines is 1. The third-order valence-corrected chi connectivity index (χ3v) is 4.08. The zero-order valence-corrected chi connectivity index (χ0v) is 12.3. The molecule has 0 saturated carbocycles. The maximum atomic E-state index is 12.1. The van der Waals surface area contributed by atoms with Crippen molar-refractivity contribution in [2.45, 2.75) is 20.3 Å². The normalized spacial score (nSPS) is 14.8. The van der Waals surface area contributed by atoms with Gasteiger partial charge in [-0.25, -0.2) is 4.98 Å². The quantitative estimate of drug-likeness (QED) is 0.890. The second-order valence-corrected chi connectivity index (χ2v) is 5.94. The van der Waals surface area contributed by atoms with Gasteiger partial charge in [-0.1, -0.05) is 17.4 Å². The molecule has 0 spiro atoms. The van der Waals surface area contributed by atoms with E-state index < -0.39 is 0 Å². The van der Waals surface area contributed by atoms with Gasteiger partial charge in [0, 0.05) is 13.1 Å². The van der Waals surface area contributed by atoms with Crippen LogP contribution >= 0.6 is 11.3 Å². The van der Waals surface area contributed by atoms with Crippen LogP contribution < -0.4 is 10.6 Å². The van der Waals surface area contributed by atoms with Gasteiger partial charge in [-0.3, -0.25) is 15.1 Å². The molecule has 0 atom stereocenters. The van der Waals surface area contributed by atoms with E-state index in [1.165, 1.54) is 16.9 Å². The number of nitrogens with zero attached hydrogens (tertiary/aromatic N) is 2. The Balaban J connectivity index is 1.86. The molecule has 1 aliphatic heterocycles. The molecule has 1 aromatic heterocycles. The zero-order chi connectivity index (χ0) is 14.1. The summed E-state index contributed by atoms with van der Waals surface area (Å²) in [7, 11) is 0. The largest absolute Gasteiger partial charge is 0.366 e. The number of hydrogen-bond acceptors (Lipinski definition) is 5. The van der Waals surface area contributed by atoms with Gasteiger partial charge in [0.15, 0.2) is 11.0 Å². The van der Waals surface area contributed by atoms with Crippen LogP contribution in [0.5, 0.6) is 0 Å². The third kappa shape index (κ3) is 2.51. The number of benzene rings is 1. The smallest absolute Gasteiger partial charge is 0.292 e. The lowest BCUT2D eigenvalue weighted by molar-refractivity contribution is -0.110. The molecule has 0 bridgehead atoms. The fourth-order valence-corrected chi connectivity index (χ4v) is 3.30. The van der Waals surface area contributed by atoms with Gasteiger partial charge in [0.1, 0.15) is 0 Å². The van der Waals surface area contributed by atoms with Gasteiger partial charge in [0.05, 0.1) is 10.2 Å². The minimum atomic E-state index is -0.210. The highest BCUT2D eigenvalue weighted by atomic mass is 32.1. The first-order chi connectivity index (χ1) is 9.63. The van der Waals surface area contributed by atoms with Gasteiger partial charge in [-0.15, -0.1) is 0 Å². The zero-order valence-electron chi connectivity index (χ0n) is 11.5. The molecule has 1 aliphatic rings. The number of carbonyl (C=O) groups is 1. The van der Waals surface area contributed by atoms with Crippen molar-refractivity contribution in [1.29, 1.82) is 0 Å². The number of carbonyl (C=O) groups excluding carboxylic acids is 1. The summed E-state index contributed by atoms with van der Waals surface area (Å²) in [5.41, 5.74) is 3.29. The van der Waals surface area contributed by atoms with Crippen molar-refractivity contribution in [3.05, 3.63) is 23.3 Å². The molecular formula is C14H16N4OS. The molecule has 1 aromatic carbocycles. The molecule has 0 unspecified atom stereocenters. The molecule has 20 heavy (non-hydrogen) atoms. The number of fused-ring (bicyclic) bond motifs is 1. The number of aromatic nitrogens is 1. The molecule has 0 radical (unpaired) electrons. The molecule has 104 valence electrons. The summed E-state index contributed by atoms with van der Waals surface area (Å²) in [6.45, 7) is 5.59. The Morgan fingerprint density at radius 3 is 3.00 bits per heavy atom. The Bertz CT molecular complexity index is 705. The van der Waals surface area contributed by atoms with Crippen LogP contribution in [0.1, 0.15) is 17.5 Å². The van der Waals surface area contributed by atoms with Crippen LogP contribution in [0.15, 0.2) is 17.1 Å². The van der Waals surface area contributed by atoms with E-state index in [4.69, 9.17) is 0 Å². The first-order valence-electron chi connectivity index (χ1n) is 6.61. The van der Waals surface area contributed by atoms with Gasteiger partial charge in [0.2, 0.25) is 0 Å². The molecule has 2 aromatic rings. The predicted molar refractivity (Wildman–Crippen MR) is 82.6 cm³/mol. The number of amidine groups is 1. The number of aryl methyl sites for hydroxylation is 2. The van der Waals surface area contributed by atoms with Gasteiger partial charge < -0.3 is 5.32 Å². The summed E-state index contributed by atoms with van der Waals surface area (Å²) in [5.74, 6) is 0.196. The van der Waals surface area contributed by atoms with Crippen LogP contribution in [0.25, 0.3) is 10.2 Å². The lowest BCUT2D eigenvalue weighted by Crippen LogP contribution is -2.39. The number of amides is 1. The number of thiazole rings is 1. The van der Waals surface area contributed by atoms with Gasteiger partial charge >= 0.3 is 0 Å². The summed E-state index contributed by atoms with van der Waals surface area (Å²) >= 11 is 1.49. The molecular weight excluding hydrogens is 272 g/mol. The monoisotopic (exact) mass is 288 g/mol. The average molecular weight is 288 g/mol. The van der Waals surface area contributed by atoms with Gasteiger partial charge in [0.25, 0.3) is 5.91 Å². The van der Waals surface area contributed by atoms with Crippen LogP contribution in [0.2, 0.25) is 0 Å². The molecule has 0 aliphatic carbocycles. The lowest BCUT2D eigenvalue weighted by atomic mass is 10.1. The van der Waals surface area contributed by atoms with Crippen molar-refractivity contribution >= 4 is 38.4 Å². The third-order valence-electron chi connectivity index (χ3n) is 3.16. The van der Waals surface area contributed by atoms with Crippen molar-refractivity contribution in [2.75, 3.05) is 18.4 Å². The molecule has 3 rings (SSSR count). The summed E-state index contributed by atoms with van der Waals surface area (Å²) < 4.78 is 1.09. The van der Waals surface area contributed by atoms with Crippen LogP contribution in [0.4, 0.5) is 5.13 Å². The van der Waals surface area contributed by atoms with Crippen molar-refractivity contribution in [1.82, 2.24) is 10.3 Å². The highest BCUT2D eigenvalue weighted by molar-refractivity contribution is 7.22.